The van der Waals surface area contributed by atoms with Crippen molar-refractivity contribution in [3.8, 4) is 5.75 Å². The Morgan fingerprint density at radius 2 is 1.83 bits per heavy atom. The van der Waals surface area contributed by atoms with Gasteiger partial charge in [-0.1, -0.05) is 23.2 Å². The van der Waals surface area contributed by atoms with Gasteiger partial charge in [0.2, 0.25) is 0 Å². The topological polar surface area (TPSA) is 52.8 Å². The molecule has 6 rings (SSSR count). The van der Waals surface area contributed by atoms with Crippen molar-refractivity contribution in [2.75, 3.05) is 13.2 Å². The van der Waals surface area contributed by atoms with Crippen molar-refractivity contribution in [2.24, 2.45) is 0 Å². The molecule has 3 N–H and O–H groups in total. The third kappa shape index (κ3) is 2.73. The summed E-state index contributed by atoms with van der Waals surface area (Å²) in [6, 6.07) is 16.4. The van der Waals surface area contributed by atoms with Gasteiger partial charge in [0.05, 0.1) is 21.6 Å². The number of fused-ring (bicyclic) bond motifs is 6. The lowest BCUT2D eigenvalue weighted by atomic mass is 10.1. The molecule has 4 nitrogen and oxygen atoms in total. The first-order valence-corrected chi connectivity index (χ1v) is 10.5. The summed E-state index contributed by atoms with van der Waals surface area (Å²) >= 11 is 12.5. The average molecular weight is 422 g/mol. The molecule has 2 aromatic heterocycles. The van der Waals surface area contributed by atoms with Crippen molar-refractivity contribution in [2.45, 2.75) is 18.9 Å². The Kier molecular flexibility index (Phi) is 3.86. The van der Waals surface area contributed by atoms with Crippen LogP contribution in [0.2, 0.25) is 10.0 Å². The van der Waals surface area contributed by atoms with E-state index in [1.165, 1.54) is 6.42 Å². The fourth-order valence-electron chi connectivity index (χ4n) is 4.40. The lowest BCUT2D eigenvalue weighted by Gasteiger charge is -2.14. The van der Waals surface area contributed by atoms with Gasteiger partial charge in [0.25, 0.3) is 0 Å². The highest BCUT2D eigenvalue weighted by Crippen LogP contribution is 2.41. The van der Waals surface area contributed by atoms with E-state index in [1.54, 1.807) is 0 Å². The van der Waals surface area contributed by atoms with Gasteiger partial charge in [0.1, 0.15) is 6.61 Å². The molecule has 0 aliphatic carbocycles. The van der Waals surface area contributed by atoms with E-state index in [9.17, 15) is 0 Å². The highest BCUT2D eigenvalue weighted by Gasteiger charge is 2.20. The van der Waals surface area contributed by atoms with Gasteiger partial charge < -0.3 is 20.0 Å². The number of aromatic amines is 2. The zero-order valence-corrected chi connectivity index (χ0v) is 17.0. The molecule has 3 heterocycles. The summed E-state index contributed by atoms with van der Waals surface area (Å²) < 4.78 is 6.42. The molecule has 29 heavy (non-hydrogen) atoms. The van der Waals surface area contributed by atoms with Crippen molar-refractivity contribution >= 4 is 66.8 Å². The molecule has 5 aromatic rings. The Labute approximate surface area is 177 Å². The number of hydrogen-bond donors (Lipinski definition) is 3. The number of nitrogens with one attached hydrogen (secondary N) is 3. The minimum Gasteiger partial charge on any atom is -0.488 e. The maximum absolute atomic E-state index is 6.42. The molecule has 1 saturated heterocycles. The minimum absolute atomic E-state index is 0.373. The maximum Gasteiger partial charge on any atom is 0.167 e. The second kappa shape index (κ2) is 6.47. The molecule has 0 amide bonds. The highest BCUT2D eigenvalue weighted by molar-refractivity contribution is 6.32. The minimum atomic E-state index is 0.373. The van der Waals surface area contributed by atoms with Crippen LogP contribution in [0.15, 0.2) is 30.3 Å². The van der Waals surface area contributed by atoms with E-state index in [-0.39, 0.29) is 0 Å². The summed E-state index contributed by atoms with van der Waals surface area (Å²) in [5.41, 5.74) is 3.80. The monoisotopic (exact) mass is 421 g/mol. The molecular formula is C23H17Cl2N3O. The third-order valence-electron chi connectivity index (χ3n) is 5.79. The highest BCUT2D eigenvalue weighted by atomic mass is 35.5. The van der Waals surface area contributed by atoms with Crippen LogP contribution in [-0.2, 0) is 0 Å². The molecule has 1 aliphatic rings. The summed E-state index contributed by atoms with van der Waals surface area (Å²) in [4.78, 5) is 6.99. The van der Waals surface area contributed by atoms with Crippen LogP contribution in [0.5, 0.6) is 5.75 Å². The third-order valence-corrected chi connectivity index (χ3v) is 6.23. The van der Waals surface area contributed by atoms with Crippen molar-refractivity contribution < 1.29 is 4.74 Å². The Balaban J connectivity index is 1.66. The van der Waals surface area contributed by atoms with Gasteiger partial charge >= 0.3 is 0 Å². The van der Waals surface area contributed by atoms with Crippen LogP contribution in [0, 0.1) is 12.1 Å². The molecule has 0 saturated carbocycles. The molecule has 1 unspecified atom stereocenters. The first-order chi connectivity index (χ1) is 14.2. The number of benzene rings is 2. The van der Waals surface area contributed by atoms with E-state index in [0.29, 0.717) is 22.7 Å². The first-order valence-electron chi connectivity index (χ1n) is 9.72. The van der Waals surface area contributed by atoms with Crippen LogP contribution in [-0.4, -0.2) is 29.2 Å². The predicted octanol–water partition coefficient (Wildman–Crippen LogP) is 5.99. The van der Waals surface area contributed by atoms with Gasteiger partial charge in [-0.05, 0) is 61.9 Å². The number of aromatic nitrogens is 2. The summed E-state index contributed by atoms with van der Waals surface area (Å²) in [7, 11) is 0. The number of H-pyrrole nitrogens is 2. The SMILES string of the molecule is Clc1c#cc2[nH]c3c(OCC4CCCN4)c4[nH]c5ccc(Cl)cc5c4cc3c2c1. The number of halogens is 2. The first kappa shape index (κ1) is 17.3. The summed E-state index contributed by atoms with van der Waals surface area (Å²) in [6.07, 6.45) is 2.32. The van der Waals surface area contributed by atoms with E-state index < -0.39 is 0 Å². The molecule has 0 bridgehead atoms. The standard InChI is InChI=1S/C23H17Cl2N3O/c24-12-3-5-19-15(8-12)17-10-18-16-9-13(25)4-6-20(16)28-22(18)23(21(17)27-19)29-11-14-2-1-7-26-14/h3,5,8-10,14,26-28H,1-2,7,11H2. The van der Waals surface area contributed by atoms with E-state index in [1.807, 2.05) is 24.3 Å². The lowest BCUT2D eigenvalue weighted by molar-refractivity contribution is 0.282. The van der Waals surface area contributed by atoms with E-state index in [2.05, 4.69) is 33.5 Å². The quantitative estimate of drug-likeness (QED) is 0.334. The van der Waals surface area contributed by atoms with Gasteiger partial charge in [0.15, 0.2) is 5.75 Å². The lowest BCUT2D eigenvalue weighted by Crippen LogP contribution is -2.28. The molecule has 144 valence electrons. The van der Waals surface area contributed by atoms with Crippen LogP contribution < -0.4 is 10.1 Å². The smallest absolute Gasteiger partial charge is 0.167 e. The molecule has 1 aliphatic heterocycles. The van der Waals surface area contributed by atoms with Crippen LogP contribution >= 0.6 is 23.2 Å². The van der Waals surface area contributed by atoms with E-state index >= 15 is 0 Å². The van der Waals surface area contributed by atoms with Gasteiger partial charge in [0, 0.05) is 38.1 Å². The average Bonchev–Trinajstić information content (AvgIpc) is 3.43. The van der Waals surface area contributed by atoms with Gasteiger partial charge in [-0.3, -0.25) is 0 Å². The maximum atomic E-state index is 6.42. The summed E-state index contributed by atoms with van der Waals surface area (Å²) in [5, 5.41) is 8.96. The van der Waals surface area contributed by atoms with Crippen LogP contribution in [0.3, 0.4) is 0 Å². The zero-order chi connectivity index (χ0) is 19.5. The van der Waals surface area contributed by atoms with Gasteiger partial charge in [-0.15, -0.1) is 0 Å². The zero-order valence-electron chi connectivity index (χ0n) is 15.5. The molecule has 1 atom stereocenters. The number of hydrogen-bond acceptors (Lipinski definition) is 2. The fourth-order valence-corrected chi connectivity index (χ4v) is 4.73. The summed E-state index contributed by atoms with van der Waals surface area (Å²) in [6.45, 7) is 1.67. The molecule has 3 aromatic carbocycles. The molecular weight excluding hydrogens is 405 g/mol. The molecule has 1 fully saturated rings. The van der Waals surface area contributed by atoms with Crippen LogP contribution in [0.4, 0.5) is 0 Å². The molecule has 6 heteroatoms. The van der Waals surface area contributed by atoms with Crippen molar-refractivity contribution in [3.05, 3.63) is 52.5 Å². The van der Waals surface area contributed by atoms with Crippen LogP contribution in [0.25, 0.3) is 43.6 Å². The Bertz CT molecular complexity index is 1300. The number of ether oxygens (including phenoxy) is 1. The molecule has 0 radical (unpaired) electrons. The normalized spacial score (nSPS) is 17.0. The van der Waals surface area contributed by atoms with Crippen molar-refractivity contribution in [1.82, 2.24) is 15.3 Å². The van der Waals surface area contributed by atoms with Crippen molar-refractivity contribution in [1.29, 1.82) is 0 Å². The second-order valence-electron chi connectivity index (χ2n) is 7.63. The van der Waals surface area contributed by atoms with E-state index in [0.717, 1.165) is 62.3 Å². The van der Waals surface area contributed by atoms with Crippen LogP contribution in [0.1, 0.15) is 12.8 Å². The number of rotatable bonds is 3. The molecule has 0 spiro atoms. The van der Waals surface area contributed by atoms with E-state index in [4.69, 9.17) is 27.9 Å². The Morgan fingerprint density at radius 3 is 2.69 bits per heavy atom. The fraction of sp³-hybridized carbons (Fsp3) is 0.217. The van der Waals surface area contributed by atoms with Crippen molar-refractivity contribution in [3.63, 3.8) is 0 Å². The second-order valence-corrected chi connectivity index (χ2v) is 8.47. The Morgan fingerprint density at radius 1 is 0.966 bits per heavy atom. The summed E-state index contributed by atoms with van der Waals surface area (Å²) in [5.74, 6) is 0.819. The van der Waals surface area contributed by atoms with Gasteiger partial charge in [-0.2, -0.15) is 0 Å². The van der Waals surface area contributed by atoms with Gasteiger partial charge in [-0.25, -0.2) is 0 Å². The predicted molar refractivity (Wildman–Crippen MR) is 119 cm³/mol. The Hall–Kier alpha value is -2.58. The largest absolute Gasteiger partial charge is 0.488 e.